The van der Waals surface area contributed by atoms with E-state index in [1.165, 1.54) is 5.56 Å². The highest BCUT2D eigenvalue weighted by molar-refractivity contribution is 5.76. The molecule has 0 N–H and O–H groups in total. The van der Waals surface area contributed by atoms with Crippen LogP contribution in [0.5, 0.6) is 0 Å². The number of fused-ring (bicyclic) bond motifs is 3. The fourth-order valence-electron chi connectivity index (χ4n) is 2.48. The van der Waals surface area contributed by atoms with Gasteiger partial charge in [0.2, 0.25) is 0 Å². The van der Waals surface area contributed by atoms with Gasteiger partial charge in [0.05, 0.1) is 12.6 Å². The summed E-state index contributed by atoms with van der Waals surface area (Å²) in [5.41, 5.74) is 4.64. The van der Waals surface area contributed by atoms with Crippen LogP contribution in [-0.2, 0) is 7.05 Å². The minimum Gasteiger partial charge on any atom is -0.381 e. The van der Waals surface area contributed by atoms with E-state index < -0.39 is 0 Å². The number of imidazole rings is 1. The average Bonchev–Trinajstić information content (AvgIpc) is 3.00. The van der Waals surface area contributed by atoms with Gasteiger partial charge in [0.15, 0.2) is 11.2 Å². The lowest BCUT2D eigenvalue weighted by molar-refractivity contribution is -0.661. The molecule has 0 fully saturated rings. The van der Waals surface area contributed by atoms with E-state index in [0.29, 0.717) is 5.65 Å². The van der Waals surface area contributed by atoms with Crippen LogP contribution in [0.2, 0.25) is 0 Å². The molecule has 0 aliphatic heterocycles. The van der Waals surface area contributed by atoms with Crippen molar-refractivity contribution in [1.82, 2.24) is 14.5 Å². The Morgan fingerprint density at radius 2 is 2.00 bits per heavy atom. The Balaban J connectivity index is 2.05. The number of aromatic nitrogens is 4. The fraction of sp³-hybridized carbons (Fsp3) is 0.133. The van der Waals surface area contributed by atoms with E-state index in [-0.39, 0.29) is 0 Å². The second-order valence-corrected chi connectivity index (χ2v) is 4.87. The van der Waals surface area contributed by atoms with Crippen molar-refractivity contribution in [2.24, 2.45) is 7.05 Å². The fourth-order valence-corrected chi connectivity index (χ4v) is 2.48. The smallest absolute Gasteiger partial charge is 0.333 e. The number of hydrogen-bond donors (Lipinski definition) is 0. The molecule has 0 bridgehead atoms. The standard InChI is InChI=1S/C15H13N4O/c1-10-5-3-4-6-11(10)15-17-14-12(9-18(15)2)19-13(16-14)7-8-20-19/h3-9H,1-2H3/q+1. The monoisotopic (exact) mass is 265 g/mol. The zero-order chi connectivity index (χ0) is 13.7. The number of nitrogens with zero attached hydrogens (tertiary/aromatic N) is 4. The molecule has 5 heteroatoms. The van der Waals surface area contributed by atoms with Gasteiger partial charge in [-0.05, 0) is 23.5 Å². The van der Waals surface area contributed by atoms with Gasteiger partial charge < -0.3 is 4.52 Å². The molecule has 0 aliphatic rings. The molecule has 0 saturated carbocycles. The van der Waals surface area contributed by atoms with Crippen LogP contribution < -0.4 is 4.57 Å². The summed E-state index contributed by atoms with van der Waals surface area (Å²) < 4.78 is 9.08. The first-order valence-electron chi connectivity index (χ1n) is 6.43. The van der Waals surface area contributed by atoms with Crippen LogP contribution in [0.3, 0.4) is 0 Å². The third-order valence-electron chi connectivity index (χ3n) is 3.51. The third-order valence-corrected chi connectivity index (χ3v) is 3.51. The van der Waals surface area contributed by atoms with Crippen molar-refractivity contribution in [3.05, 3.63) is 48.4 Å². The summed E-state index contributed by atoms with van der Waals surface area (Å²) in [6, 6.07) is 10.0. The van der Waals surface area contributed by atoms with E-state index in [1.807, 2.05) is 36.0 Å². The molecule has 0 atom stereocenters. The summed E-state index contributed by atoms with van der Waals surface area (Å²) >= 11 is 0. The lowest BCUT2D eigenvalue weighted by atomic mass is 10.1. The van der Waals surface area contributed by atoms with Crippen LogP contribution in [0, 0.1) is 6.92 Å². The molecule has 20 heavy (non-hydrogen) atoms. The molecule has 4 rings (SSSR count). The van der Waals surface area contributed by atoms with Gasteiger partial charge in [-0.15, -0.1) is 4.57 Å². The van der Waals surface area contributed by atoms with Crippen molar-refractivity contribution in [3.8, 4) is 11.4 Å². The van der Waals surface area contributed by atoms with Gasteiger partial charge in [-0.3, -0.25) is 0 Å². The molecule has 0 radical (unpaired) electrons. The average molecular weight is 265 g/mol. The van der Waals surface area contributed by atoms with Crippen LogP contribution in [0.15, 0.2) is 47.3 Å². The first-order valence-corrected chi connectivity index (χ1v) is 6.43. The van der Waals surface area contributed by atoms with E-state index >= 15 is 0 Å². The highest BCUT2D eigenvalue weighted by atomic mass is 16.5. The minimum absolute atomic E-state index is 0.695. The molecule has 98 valence electrons. The SMILES string of the molecule is Cc1ccccc1-c1nc2nc3ccon3c2c[n+]1C. The summed E-state index contributed by atoms with van der Waals surface area (Å²) in [5.74, 6) is 0.899. The van der Waals surface area contributed by atoms with Crippen LogP contribution in [0.4, 0.5) is 0 Å². The number of aryl methyl sites for hydroxylation is 2. The molecule has 3 aromatic heterocycles. The predicted octanol–water partition coefficient (Wildman–Crippen LogP) is 2.28. The highest BCUT2D eigenvalue weighted by Crippen LogP contribution is 2.21. The normalized spacial score (nSPS) is 11.5. The molecule has 0 amide bonds. The Morgan fingerprint density at radius 1 is 1.15 bits per heavy atom. The number of benzene rings is 1. The summed E-state index contributed by atoms with van der Waals surface area (Å²) in [5, 5.41) is 0. The maximum Gasteiger partial charge on any atom is 0.333 e. The molecule has 1 aromatic carbocycles. The van der Waals surface area contributed by atoms with Crippen molar-refractivity contribution in [2.45, 2.75) is 6.92 Å². The minimum atomic E-state index is 0.695. The van der Waals surface area contributed by atoms with Crippen LogP contribution in [0.25, 0.3) is 28.2 Å². The Hall–Kier alpha value is -2.69. The zero-order valence-electron chi connectivity index (χ0n) is 11.2. The molecule has 0 unspecified atom stereocenters. The van der Waals surface area contributed by atoms with E-state index in [0.717, 1.165) is 22.6 Å². The van der Waals surface area contributed by atoms with E-state index in [4.69, 9.17) is 4.52 Å². The van der Waals surface area contributed by atoms with Gasteiger partial charge in [-0.1, -0.05) is 18.2 Å². The van der Waals surface area contributed by atoms with Crippen molar-refractivity contribution in [1.29, 1.82) is 0 Å². The van der Waals surface area contributed by atoms with Gasteiger partial charge in [0, 0.05) is 6.07 Å². The number of rotatable bonds is 1. The largest absolute Gasteiger partial charge is 0.381 e. The van der Waals surface area contributed by atoms with E-state index in [2.05, 4.69) is 29.0 Å². The Kier molecular flexibility index (Phi) is 2.18. The summed E-state index contributed by atoms with van der Waals surface area (Å²) in [7, 11) is 1.98. The molecule has 3 heterocycles. The van der Waals surface area contributed by atoms with Crippen LogP contribution in [-0.4, -0.2) is 14.5 Å². The van der Waals surface area contributed by atoms with E-state index in [1.54, 1.807) is 10.8 Å². The lowest BCUT2D eigenvalue weighted by Crippen LogP contribution is -2.32. The van der Waals surface area contributed by atoms with Crippen molar-refractivity contribution >= 4 is 16.8 Å². The molecule has 0 saturated heterocycles. The van der Waals surface area contributed by atoms with Crippen molar-refractivity contribution < 1.29 is 9.09 Å². The second kappa shape index (κ2) is 3.90. The molecule has 5 nitrogen and oxygen atoms in total. The number of hydrogen-bond acceptors (Lipinski definition) is 3. The second-order valence-electron chi connectivity index (χ2n) is 4.87. The van der Waals surface area contributed by atoms with Gasteiger partial charge in [0.1, 0.15) is 12.5 Å². The summed E-state index contributed by atoms with van der Waals surface area (Å²) in [4.78, 5) is 9.16. The molecule has 4 aromatic rings. The summed E-state index contributed by atoms with van der Waals surface area (Å²) in [6.45, 7) is 2.08. The molecule has 0 spiro atoms. The lowest BCUT2D eigenvalue weighted by Gasteiger charge is -2.01. The van der Waals surface area contributed by atoms with Gasteiger partial charge in [-0.25, -0.2) is 4.57 Å². The quantitative estimate of drug-likeness (QED) is 0.496. The molecule has 0 aliphatic carbocycles. The van der Waals surface area contributed by atoms with Gasteiger partial charge >= 0.3 is 5.82 Å². The summed E-state index contributed by atoms with van der Waals surface area (Å²) in [6.07, 6.45) is 3.62. The van der Waals surface area contributed by atoms with Crippen molar-refractivity contribution in [2.75, 3.05) is 0 Å². The van der Waals surface area contributed by atoms with Gasteiger partial charge in [0.25, 0.3) is 5.65 Å². The molecular weight excluding hydrogens is 252 g/mol. The maximum absolute atomic E-state index is 5.40. The Labute approximate surface area is 115 Å². The first kappa shape index (κ1) is 11.2. The predicted molar refractivity (Wildman–Crippen MR) is 74.1 cm³/mol. The Morgan fingerprint density at radius 3 is 2.85 bits per heavy atom. The van der Waals surface area contributed by atoms with Crippen molar-refractivity contribution in [3.63, 3.8) is 0 Å². The highest BCUT2D eigenvalue weighted by Gasteiger charge is 2.21. The zero-order valence-corrected chi connectivity index (χ0v) is 11.2. The van der Waals surface area contributed by atoms with E-state index in [9.17, 15) is 0 Å². The van der Waals surface area contributed by atoms with Crippen LogP contribution >= 0.6 is 0 Å². The first-order chi connectivity index (χ1) is 9.74. The van der Waals surface area contributed by atoms with Crippen LogP contribution in [0.1, 0.15) is 5.56 Å². The molecular formula is C15H13N4O+. The Bertz CT molecular complexity index is 936. The third kappa shape index (κ3) is 1.46. The maximum atomic E-state index is 5.40. The van der Waals surface area contributed by atoms with Gasteiger partial charge in [-0.2, -0.15) is 4.98 Å². The topological polar surface area (TPSA) is 47.2 Å².